The molecule has 1 aromatic heterocycles. The SMILES string of the molecule is O=C(O)c1ccccc1CN1CCC(c2ccn[nH]2)C1. The third-order valence-electron chi connectivity index (χ3n) is 3.88. The van der Waals surface area contributed by atoms with E-state index in [1.165, 1.54) is 5.69 Å². The van der Waals surface area contributed by atoms with Crippen molar-refractivity contribution < 1.29 is 9.90 Å². The lowest BCUT2D eigenvalue weighted by Gasteiger charge is -2.17. The number of aromatic amines is 1. The fourth-order valence-corrected chi connectivity index (χ4v) is 2.83. The van der Waals surface area contributed by atoms with Crippen molar-refractivity contribution in [3.05, 3.63) is 53.3 Å². The predicted octanol–water partition coefficient (Wildman–Crippen LogP) is 2.10. The Balaban J connectivity index is 1.69. The van der Waals surface area contributed by atoms with Crippen LogP contribution in [0.2, 0.25) is 0 Å². The van der Waals surface area contributed by atoms with Gasteiger partial charge in [-0.3, -0.25) is 10.00 Å². The minimum absolute atomic E-state index is 0.400. The van der Waals surface area contributed by atoms with Gasteiger partial charge in [-0.2, -0.15) is 5.10 Å². The van der Waals surface area contributed by atoms with Crippen LogP contribution in [0.1, 0.15) is 34.0 Å². The van der Waals surface area contributed by atoms with Crippen molar-refractivity contribution in [2.24, 2.45) is 0 Å². The van der Waals surface area contributed by atoms with Gasteiger partial charge in [0.25, 0.3) is 0 Å². The first-order valence-corrected chi connectivity index (χ1v) is 6.77. The molecule has 2 heterocycles. The van der Waals surface area contributed by atoms with E-state index in [2.05, 4.69) is 15.1 Å². The van der Waals surface area contributed by atoms with E-state index in [0.717, 1.165) is 25.1 Å². The zero-order valence-corrected chi connectivity index (χ0v) is 11.1. The number of likely N-dealkylation sites (tertiary alicyclic amines) is 1. The second kappa shape index (κ2) is 5.46. The number of aromatic nitrogens is 2. The van der Waals surface area contributed by atoms with Gasteiger partial charge >= 0.3 is 5.97 Å². The second-order valence-corrected chi connectivity index (χ2v) is 5.19. The summed E-state index contributed by atoms with van der Waals surface area (Å²) < 4.78 is 0. The molecule has 1 saturated heterocycles. The molecule has 0 saturated carbocycles. The molecule has 0 aliphatic carbocycles. The van der Waals surface area contributed by atoms with Crippen LogP contribution in [0.5, 0.6) is 0 Å². The Kier molecular flexibility index (Phi) is 3.52. The van der Waals surface area contributed by atoms with Gasteiger partial charge in [0.2, 0.25) is 0 Å². The lowest BCUT2D eigenvalue weighted by Crippen LogP contribution is -2.21. The maximum atomic E-state index is 11.2. The summed E-state index contributed by atoms with van der Waals surface area (Å²) in [7, 11) is 0. The number of hydrogen-bond donors (Lipinski definition) is 2. The van der Waals surface area contributed by atoms with Crippen molar-refractivity contribution in [2.45, 2.75) is 18.9 Å². The summed E-state index contributed by atoms with van der Waals surface area (Å²) in [4.78, 5) is 13.5. The normalized spacial score (nSPS) is 19.3. The number of carboxylic acid groups (broad SMARTS) is 1. The molecule has 1 aromatic carbocycles. The first kappa shape index (κ1) is 12.9. The second-order valence-electron chi connectivity index (χ2n) is 5.19. The van der Waals surface area contributed by atoms with Crippen molar-refractivity contribution in [3.63, 3.8) is 0 Å². The molecule has 2 aromatic rings. The summed E-state index contributed by atoms with van der Waals surface area (Å²) in [6, 6.07) is 9.24. The minimum atomic E-state index is -0.857. The molecule has 1 fully saturated rings. The summed E-state index contributed by atoms with van der Waals surface area (Å²) >= 11 is 0. The van der Waals surface area contributed by atoms with Gasteiger partial charge in [0.15, 0.2) is 0 Å². The smallest absolute Gasteiger partial charge is 0.336 e. The van der Waals surface area contributed by atoms with Crippen molar-refractivity contribution >= 4 is 5.97 Å². The predicted molar refractivity (Wildman–Crippen MR) is 74.6 cm³/mol. The Morgan fingerprint density at radius 3 is 3.00 bits per heavy atom. The zero-order chi connectivity index (χ0) is 13.9. The van der Waals surface area contributed by atoms with Gasteiger partial charge in [0, 0.05) is 30.9 Å². The van der Waals surface area contributed by atoms with Crippen LogP contribution < -0.4 is 0 Å². The Morgan fingerprint density at radius 2 is 2.25 bits per heavy atom. The number of hydrogen-bond acceptors (Lipinski definition) is 3. The number of carbonyl (C=O) groups is 1. The van der Waals surface area contributed by atoms with E-state index < -0.39 is 5.97 Å². The van der Waals surface area contributed by atoms with Gasteiger partial charge < -0.3 is 5.11 Å². The highest BCUT2D eigenvalue weighted by atomic mass is 16.4. The van der Waals surface area contributed by atoms with Crippen LogP contribution in [0.15, 0.2) is 36.5 Å². The first-order valence-electron chi connectivity index (χ1n) is 6.77. The van der Waals surface area contributed by atoms with Gasteiger partial charge in [-0.25, -0.2) is 4.79 Å². The van der Waals surface area contributed by atoms with Crippen LogP contribution in [-0.2, 0) is 6.54 Å². The molecule has 0 spiro atoms. The van der Waals surface area contributed by atoms with E-state index in [9.17, 15) is 9.90 Å². The third-order valence-corrected chi connectivity index (χ3v) is 3.88. The van der Waals surface area contributed by atoms with Crippen LogP contribution in [0, 0.1) is 0 Å². The van der Waals surface area contributed by atoms with Crippen LogP contribution >= 0.6 is 0 Å². The average Bonchev–Trinajstić information content (AvgIpc) is 3.09. The number of carboxylic acids is 1. The van der Waals surface area contributed by atoms with Gasteiger partial charge in [-0.05, 0) is 30.7 Å². The molecule has 20 heavy (non-hydrogen) atoms. The summed E-state index contributed by atoms with van der Waals surface area (Å²) in [6.45, 7) is 2.61. The molecule has 1 aliphatic heterocycles. The molecular formula is C15H17N3O2. The van der Waals surface area contributed by atoms with Crippen LogP contribution in [-0.4, -0.2) is 39.3 Å². The monoisotopic (exact) mass is 271 g/mol. The van der Waals surface area contributed by atoms with Gasteiger partial charge in [-0.15, -0.1) is 0 Å². The molecule has 0 amide bonds. The molecule has 2 N–H and O–H groups in total. The highest BCUT2D eigenvalue weighted by Gasteiger charge is 2.25. The lowest BCUT2D eigenvalue weighted by atomic mass is 10.1. The lowest BCUT2D eigenvalue weighted by molar-refractivity contribution is 0.0694. The standard InChI is InChI=1S/C15H17N3O2/c19-15(20)13-4-2-1-3-11(13)9-18-8-6-12(10-18)14-5-7-16-17-14/h1-5,7,12H,6,8-10H2,(H,16,17)(H,19,20). The molecule has 1 unspecified atom stereocenters. The van der Waals surface area contributed by atoms with E-state index in [4.69, 9.17) is 0 Å². The molecule has 0 radical (unpaired) electrons. The Bertz CT molecular complexity index is 595. The van der Waals surface area contributed by atoms with Crippen LogP contribution in [0.25, 0.3) is 0 Å². The van der Waals surface area contributed by atoms with Crippen molar-refractivity contribution in [1.82, 2.24) is 15.1 Å². The number of H-pyrrole nitrogens is 1. The highest BCUT2D eigenvalue weighted by molar-refractivity contribution is 5.89. The van der Waals surface area contributed by atoms with E-state index in [0.29, 0.717) is 18.0 Å². The summed E-state index contributed by atoms with van der Waals surface area (Å²) in [5, 5.41) is 16.2. The highest BCUT2D eigenvalue weighted by Crippen LogP contribution is 2.27. The molecule has 5 nitrogen and oxygen atoms in total. The van der Waals surface area contributed by atoms with E-state index in [1.807, 2.05) is 18.2 Å². The van der Waals surface area contributed by atoms with Gasteiger partial charge in [-0.1, -0.05) is 18.2 Å². The number of aromatic carboxylic acids is 1. The quantitative estimate of drug-likeness (QED) is 0.893. The maximum absolute atomic E-state index is 11.2. The molecule has 1 aliphatic rings. The average molecular weight is 271 g/mol. The van der Waals surface area contributed by atoms with Crippen LogP contribution in [0.4, 0.5) is 0 Å². The fourth-order valence-electron chi connectivity index (χ4n) is 2.83. The Hall–Kier alpha value is -2.14. The number of nitrogens with zero attached hydrogens (tertiary/aromatic N) is 2. The summed E-state index contributed by atoms with van der Waals surface area (Å²) in [5.41, 5.74) is 2.45. The third kappa shape index (κ3) is 2.58. The topological polar surface area (TPSA) is 69.2 Å². The largest absolute Gasteiger partial charge is 0.478 e. The maximum Gasteiger partial charge on any atom is 0.336 e. The van der Waals surface area contributed by atoms with Gasteiger partial charge in [0.05, 0.1) is 5.56 Å². The molecule has 3 rings (SSSR count). The summed E-state index contributed by atoms with van der Waals surface area (Å²) in [6.07, 6.45) is 2.86. The van der Waals surface area contributed by atoms with Crippen molar-refractivity contribution in [1.29, 1.82) is 0 Å². The van der Waals surface area contributed by atoms with Gasteiger partial charge in [0.1, 0.15) is 0 Å². The van der Waals surface area contributed by atoms with Crippen LogP contribution in [0.3, 0.4) is 0 Å². The fraction of sp³-hybridized carbons (Fsp3) is 0.333. The number of benzene rings is 1. The van der Waals surface area contributed by atoms with E-state index in [-0.39, 0.29) is 0 Å². The Labute approximate surface area is 117 Å². The number of nitrogens with one attached hydrogen (secondary N) is 1. The molecule has 1 atom stereocenters. The number of rotatable bonds is 4. The molecule has 0 bridgehead atoms. The molecular weight excluding hydrogens is 254 g/mol. The zero-order valence-electron chi connectivity index (χ0n) is 11.1. The molecule has 104 valence electrons. The Morgan fingerprint density at radius 1 is 1.40 bits per heavy atom. The van der Waals surface area contributed by atoms with Crippen molar-refractivity contribution in [2.75, 3.05) is 13.1 Å². The van der Waals surface area contributed by atoms with E-state index in [1.54, 1.807) is 18.3 Å². The molecule has 5 heteroatoms. The van der Waals surface area contributed by atoms with Crippen molar-refractivity contribution in [3.8, 4) is 0 Å². The van der Waals surface area contributed by atoms with E-state index >= 15 is 0 Å². The first-order chi connectivity index (χ1) is 9.74. The summed E-state index contributed by atoms with van der Waals surface area (Å²) in [5.74, 6) is -0.389. The minimum Gasteiger partial charge on any atom is -0.478 e.